The van der Waals surface area contributed by atoms with Crippen molar-refractivity contribution in [3.8, 4) is 11.5 Å². The first-order valence-corrected chi connectivity index (χ1v) is 7.06. The van der Waals surface area contributed by atoms with E-state index in [4.69, 9.17) is 9.47 Å². The second-order valence-corrected chi connectivity index (χ2v) is 5.39. The molecule has 21 heavy (non-hydrogen) atoms. The zero-order valence-corrected chi connectivity index (χ0v) is 12.5. The van der Waals surface area contributed by atoms with E-state index in [1.165, 1.54) is 0 Å². The lowest BCUT2D eigenvalue weighted by molar-refractivity contribution is 0.103. The fraction of sp³-hybridized carbons (Fsp3) is 0.278. The van der Waals surface area contributed by atoms with Gasteiger partial charge in [-0.3, -0.25) is 4.79 Å². The highest BCUT2D eigenvalue weighted by atomic mass is 16.5. The molecule has 0 radical (unpaired) electrons. The Labute approximate surface area is 124 Å². The molecule has 0 N–H and O–H groups in total. The summed E-state index contributed by atoms with van der Waals surface area (Å²) in [5.41, 5.74) is 4.46. The summed E-state index contributed by atoms with van der Waals surface area (Å²) < 4.78 is 10.8. The first-order valence-electron chi connectivity index (χ1n) is 7.06. The van der Waals surface area contributed by atoms with Gasteiger partial charge >= 0.3 is 0 Å². The van der Waals surface area contributed by atoms with Crippen LogP contribution < -0.4 is 9.47 Å². The molecule has 0 spiro atoms. The lowest BCUT2D eigenvalue weighted by atomic mass is 9.95. The Morgan fingerprint density at radius 2 is 1.95 bits per heavy atom. The Balaban J connectivity index is 2.01. The van der Waals surface area contributed by atoms with Gasteiger partial charge in [-0.05, 0) is 60.9 Å². The van der Waals surface area contributed by atoms with Crippen molar-refractivity contribution in [3.05, 3.63) is 58.1 Å². The SMILES string of the molecule is COc1cc(C)c(C(=O)c2ccc3c(c2)CCO3)cc1C. The van der Waals surface area contributed by atoms with E-state index in [9.17, 15) is 4.79 Å². The maximum absolute atomic E-state index is 12.7. The average molecular weight is 282 g/mol. The third kappa shape index (κ3) is 2.40. The third-order valence-electron chi connectivity index (χ3n) is 3.94. The third-order valence-corrected chi connectivity index (χ3v) is 3.94. The first kappa shape index (κ1) is 13.7. The predicted molar refractivity (Wildman–Crippen MR) is 81.5 cm³/mol. The highest BCUT2D eigenvalue weighted by molar-refractivity contribution is 6.10. The molecular formula is C18H18O3. The minimum absolute atomic E-state index is 0.0490. The number of carbonyl (C=O) groups excluding carboxylic acids is 1. The first-order chi connectivity index (χ1) is 10.1. The van der Waals surface area contributed by atoms with Crippen molar-refractivity contribution in [1.29, 1.82) is 0 Å². The van der Waals surface area contributed by atoms with Crippen LogP contribution in [0.4, 0.5) is 0 Å². The molecular weight excluding hydrogens is 264 g/mol. The van der Waals surface area contributed by atoms with Crippen molar-refractivity contribution in [2.75, 3.05) is 13.7 Å². The molecule has 0 fully saturated rings. The number of hydrogen-bond donors (Lipinski definition) is 0. The topological polar surface area (TPSA) is 35.5 Å². The molecule has 1 aliphatic rings. The maximum atomic E-state index is 12.7. The Bertz CT molecular complexity index is 717. The molecule has 2 aromatic carbocycles. The van der Waals surface area contributed by atoms with Crippen LogP contribution in [0.1, 0.15) is 32.6 Å². The summed E-state index contributed by atoms with van der Waals surface area (Å²) in [5.74, 6) is 1.76. The molecule has 0 bridgehead atoms. The number of hydrogen-bond acceptors (Lipinski definition) is 3. The number of rotatable bonds is 3. The highest BCUT2D eigenvalue weighted by Gasteiger charge is 2.18. The molecule has 3 rings (SSSR count). The van der Waals surface area contributed by atoms with Gasteiger partial charge in [0.05, 0.1) is 13.7 Å². The number of fused-ring (bicyclic) bond motifs is 1. The molecule has 1 heterocycles. The quantitative estimate of drug-likeness (QED) is 0.809. The van der Waals surface area contributed by atoms with Crippen LogP contribution in [0, 0.1) is 13.8 Å². The number of carbonyl (C=O) groups is 1. The summed E-state index contributed by atoms with van der Waals surface area (Å²) in [4.78, 5) is 12.7. The van der Waals surface area contributed by atoms with Crippen molar-refractivity contribution in [2.24, 2.45) is 0 Å². The van der Waals surface area contributed by atoms with Gasteiger partial charge in [-0.15, -0.1) is 0 Å². The molecule has 1 aliphatic heterocycles. The zero-order valence-electron chi connectivity index (χ0n) is 12.5. The van der Waals surface area contributed by atoms with Crippen molar-refractivity contribution in [1.82, 2.24) is 0 Å². The van der Waals surface area contributed by atoms with Crippen LogP contribution >= 0.6 is 0 Å². The van der Waals surface area contributed by atoms with Crippen LogP contribution in [0.5, 0.6) is 11.5 Å². The Kier molecular flexibility index (Phi) is 3.42. The molecule has 0 amide bonds. The largest absolute Gasteiger partial charge is 0.496 e. The Morgan fingerprint density at radius 3 is 2.71 bits per heavy atom. The van der Waals surface area contributed by atoms with Gasteiger partial charge in [0.25, 0.3) is 0 Å². The van der Waals surface area contributed by atoms with Crippen molar-refractivity contribution in [2.45, 2.75) is 20.3 Å². The second kappa shape index (κ2) is 5.24. The van der Waals surface area contributed by atoms with Crippen LogP contribution in [-0.2, 0) is 6.42 Å². The molecule has 0 aliphatic carbocycles. The summed E-state index contributed by atoms with van der Waals surface area (Å²) in [6, 6.07) is 9.50. The summed E-state index contributed by atoms with van der Waals surface area (Å²) in [5, 5.41) is 0. The standard InChI is InChI=1S/C18H18O3/c1-11-9-17(20-3)12(2)8-15(11)18(19)14-4-5-16-13(10-14)6-7-21-16/h4-5,8-10H,6-7H2,1-3H3. The number of methoxy groups -OCH3 is 1. The highest BCUT2D eigenvalue weighted by Crippen LogP contribution is 2.28. The fourth-order valence-electron chi connectivity index (χ4n) is 2.74. The number of ketones is 1. The van der Waals surface area contributed by atoms with Crippen LogP contribution in [0.15, 0.2) is 30.3 Å². The summed E-state index contributed by atoms with van der Waals surface area (Å²) in [6.45, 7) is 4.59. The van der Waals surface area contributed by atoms with E-state index in [-0.39, 0.29) is 5.78 Å². The van der Waals surface area contributed by atoms with Gasteiger partial charge in [0, 0.05) is 17.5 Å². The zero-order chi connectivity index (χ0) is 15.0. The maximum Gasteiger partial charge on any atom is 0.193 e. The number of benzene rings is 2. The number of ether oxygens (including phenoxy) is 2. The van der Waals surface area contributed by atoms with Crippen LogP contribution in [0.2, 0.25) is 0 Å². The van der Waals surface area contributed by atoms with Gasteiger partial charge in [-0.2, -0.15) is 0 Å². The number of aryl methyl sites for hydroxylation is 2. The molecule has 2 aromatic rings. The van der Waals surface area contributed by atoms with E-state index in [0.717, 1.165) is 40.2 Å². The van der Waals surface area contributed by atoms with Gasteiger partial charge in [0.15, 0.2) is 5.78 Å². The van der Waals surface area contributed by atoms with Gasteiger partial charge in [0.2, 0.25) is 0 Å². The molecule has 0 atom stereocenters. The lowest BCUT2D eigenvalue weighted by Gasteiger charge is -2.11. The van der Waals surface area contributed by atoms with E-state index >= 15 is 0 Å². The molecule has 0 unspecified atom stereocenters. The van der Waals surface area contributed by atoms with E-state index in [2.05, 4.69) is 0 Å². The van der Waals surface area contributed by atoms with E-state index in [0.29, 0.717) is 12.2 Å². The van der Waals surface area contributed by atoms with E-state index in [1.807, 2.05) is 44.2 Å². The average Bonchev–Trinajstić information content (AvgIpc) is 2.95. The summed E-state index contributed by atoms with van der Waals surface area (Å²) in [6.07, 6.45) is 0.872. The van der Waals surface area contributed by atoms with Crippen LogP contribution in [0.3, 0.4) is 0 Å². The fourth-order valence-corrected chi connectivity index (χ4v) is 2.74. The van der Waals surface area contributed by atoms with E-state index < -0.39 is 0 Å². The van der Waals surface area contributed by atoms with Gasteiger partial charge in [0.1, 0.15) is 11.5 Å². The van der Waals surface area contributed by atoms with Crippen LogP contribution in [-0.4, -0.2) is 19.5 Å². The van der Waals surface area contributed by atoms with Gasteiger partial charge in [-0.25, -0.2) is 0 Å². The molecule has 0 aromatic heterocycles. The minimum Gasteiger partial charge on any atom is -0.496 e. The Morgan fingerprint density at radius 1 is 1.14 bits per heavy atom. The van der Waals surface area contributed by atoms with E-state index in [1.54, 1.807) is 7.11 Å². The monoisotopic (exact) mass is 282 g/mol. The molecule has 0 saturated carbocycles. The predicted octanol–water partition coefficient (Wildman–Crippen LogP) is 3.48. The second-order valence-electron chi connectivity index (χ2n) is 5.39. The molecule has 0 saturated heterocycles. The minimum atomic E-state index is 0.0490. The Hall–Kier alpha value is -2.29. The summed E-state index contributed by atoms with van der Waals surface area (Å²) >= 11 is 0. The van der Waals surface area contributed by atoms with Crippen molar-refractivity contribution < 1.29 is 14.3 Å². The molecule has 108 valence electrons. The molecule has 3 nitrogen and oxygen atoms in total. The van der Waals surface area contributed by atoms with Crippen molar-refractivity contribution >= 4 is 5.78 Å². The summed E-state index contributed by atoms with van der Waals surface area (Å²) in [7, 11) is 1.64. The normalized spacial score (nSPS) is 12.7. The van der Waals surface area contributed by atoms with Gasteiger partial charge in [-0.1, -0.05) is 0 Å². The van der Waals surface area contributed by atoms with Crippen LogP contribution in [0.25, 0.3) is 0 Å². The smallest absolute Gasteiger partial charge is 0.193 e. The van der Waals surface area contributed by atoms with Crippen molar-refractivity contribution in [3.63, 3.8) is 0 Å². The lowest BCUT2D eigenvalue weighted by Crippen LogP contribution is -2.05. The molecule has 3 heteroatoms. The van der Waals surface area contributed by atoms with Gasteiger partial charge < -0.3 is 9.47 Å².